The van der Waals surface area contributed by atoms with Crippen molar-refractivity contribution >= 4 is 15.9 Å². The second-order valence-electron chi connectivity index (χ2n) is 5.14. The summed E-state index contributed by atoms with van der Waals surface area (Å²) < 4.78 is 25.1. The van der Waals surface area contributed by atoms with Gasteiger partial charge in [0, 0.05) is 24.8 Å². The SMILES string of the molecule is Cc1cccc(C(=O)N2CCCC(NS(C)(=O)=O)C2)n1. The van der Waals surface area contributed by atoms with Crippen molar-refractivity contribution in [1.82, 2.24) is 14.6 Å². The lowest BCUT2D eigenvalue weighted by Gasteiger charge is -2.32. The highest BCUT2D eigenvalue weighted by Gasteiger charge is 2.26. The minimum Gasteiger partial charge on any atom is -0.336 e. The molecule has 1 saturated heterocycles. The third-order valence-corrected chi connectivity index (χ3v) is 3.96. The van der Waals surface area contributed by atoms with Crippen LogP contribution in [0, 0.1) is 6.92 Å². The summed E-state index contributed by atoms with van der Waals surface area (Å²) >= 11 is 0. The van der Waals surface area contributed by atoms with Crippen LogP contribution in [0.2, 0.25) is 0 Å². The Morgan fingerprint density at radius 1 is 1.45 bits per heavy atom. The van der Waals surface area contributed by atoms with E-state index in [1.807, 2.05) is 13.0 Å². The Hall–Kier alpha value is -1.47. The van der Waals surface area contributed by atoms with E-state index in [2.05, 4.69) is 9.71 Å². The highest BCUT2D eigenvalue weighted by atomic mass is 32.2. The molecular weight excluding hydrogens is 278 g/mol. The first-order chi connectivity index (χ1) is 9.35. The van der Waals surface area contributed by atoms with Crippen LogP contribution < -0.4 is 4.72 Å². The maximum absolute atomic E-state index is 12.3. The molecule has 1 aromatic heterocycles. The van der Waals surface area contributed by atoms with Gasteiger partial charge in [0.25, 0.3) is 5.91 Å². The fourth-order valence-corrected chi connectivity index (χ4v) is 3.18. The zero-order chi connectivity index (χ0) is 14.8. The quantitative estimate of drug-likeness (QED) is 0.883. The van der Waals surface area contributed by atoms with Gasteiger partial charge >= 0.3 is 0 Å². The average molecular weight is 297 g/mol. The molecule has 6 nitrogen and oxygen atoms in total. The van der Waals surface area contributed by atoms with E-state index in [-0.39, 0.29) is 11.9 Å². The smallest absolute Gasteiger partial charge is 0.272 e. The first-order valence-electron chi connectivity index (χ1n) is 6.55. The largest absolute Gasteiger partial charge is 0.336 e. The number of rotatable bonds is 3. The summed E-state index contributed by atoms with van der Waals surface area (Å²) in [4.78, 5) is 18.2. The number of hydrogen-bond donors (Lipinski definition) is 1. The maximum atomic E-state index is 12.3. The molecule has 1 unspecified atom stereocenters. The van der Waals surface area contributed by atoms with E-state index in [9.17, 15) is 13.2 Å². The third kappa shape index (κ3) is 4.01. The lowest BCUT2D eigenvalue weighted by molar-refractivity contribution is 0.0697. The number of likely N-dealkylation sites (tertiary alicyclic amines) is 1. The van der Waals surface area contributed by atoms with Crippen molar-refractivity contribution in [2.24, 2.45) is 0 Å². The number of hydrogen-bond acceptors (Lipinski definition) is 4. The number of aryl methyl sites for hydroxylation is 1. The fourth-order valence-electron chi connectivity index (χ4n) is 2.38. The van der Waals surface area contributed by atoms with E-state index >= 15 is 0 Å². The molecule has 1 aliphatic rings. The summed E-state index contributed by atoms with van der Waals surface area (Å²) in [5.41, 5.74) is 1.20. The van der Waals surface area contributed by atoms with Crippen molar-refractivity contribution in [1.29, 1.82) is 0 Å². The van der Waals surface area contributed by atoms with Crippen molar-refractivity contribution in [3.8, 4) is 0 Å². The predicted octanol–water partition coefficient (Wildman–Crippen LogP) is 0.544. The topological polar surface area (TPSA) is 79.4 Å². The number of aromatic nitrogens is 1. The van der Waals surface area contributed by atoms with Gasteiger partial charge in [-0.15, -0.1) is 0 Å². The molecule has 0 bridgehead atoms. The van der Waals surface area contributed by atoms with Gasteiger partial charge in [0.15, 0.2) is 0 Å². The number of amides is 1. The normalized spacial score (nSPS) is 19.9. The van der Waals surface area contributed by atoms with E-state index < -0.39 is 10.0 Å². The van der Waals surface area contributed by atoms with Crippen molar-refractivity contribution in [3.05, 3.63) is 29.6 Å². The van der Waals surface area contributed by atoms with Crippen molar-refractivity contribution in [2.75, 3.05) is 19.3 Å². The van der Waals surface area contributed by atoms with Gasteiger partial charge in [-0.3, -0.25) is 4.79 Å². The minimum atomic E-state index is -3.25. The van der Waals surface area contributed by atoms with Crippen LogP contribution in [0.4, 0.5) is 0 Å². The zero-order valence-corrected chi connectivity index (χ0v) is 12.5. The molecule has 1 aromatic rings. The molecule has 0 saturated carbocycles. The number of pyridine rings is 1. The van der Waals surface area contributed by atoms with Crippen LogP contribution in [0.15, 0.2) is 18.2 Å². The minimum absolute atomic E-state index is 0.145. The van der Waals surface area contributed by atoms with Gasteiger partial charge in [-0.1, -0.05) is 6.07 Å². The Balaban J connectivity index is 2.07. The maximum Gasteiger partial charge on any atom is 0.272 e. The van der Waals surface area contributed by atoms with E-state index in [1.54, 1.807) is 17.0 Å². The molecule has 20 heavy (non-hydrogen) atoms. The summed E-state index contributed by atoms with van der Waals surface area (Å²) in [6.07, 6.45) is 2.67. The van der Waals surface area contributed by atoms with Gasteiger partial charge in [0.1, 0.15) is 5.69 Å². The average Bonchev–Trinajstić information content (AvgIpc) is 2.36. The number of nitrogens with zero attached hydrogens (tertiary/aromatic N) is 2. The van der Waals surface area contributed by atoms with Gasteiger partial charge < -0.3 is 4.90 Å². The van der Waals surface area contributed by atoms with Gasteiger partial charge in [0.2, 0.25) is 10.0 Å². The number of piperidine rings is 1. The Morgan fingerprint density at radius 2 is 2.20 bits per heavy atom. The summed E-state index contributed by atoms with van der Waals surface area (Å²) in [5.74, 6) is -0.145. The Bertz CT molecular complexity index is 601. The van der Waals surface area contributed by atoms with Gasteiger partial charge in [-0.25, -0.2) is 18.1 Å². The molecule has 1 fully saturated rings. The fraction of sp³-hybridized carbons (Fsp3) is 0.538. The van der Waals surface area contributed by atoms with E-state index in [0.717, 1.165) is 24.8 Å². The Kier molecular flexibility index (Phi) is 4.39. The molecule has 1 aliphatic heterocycles. The van der Waals surface area contributed by atoms with Gasteiger partial charge in [-0.2, -0.15) is 0 Å². The summed E-state index contributed by atoms with van der Waals surface area (Å²) in [5, 5.41) is 0. The second kappa shape index (κ2) is 5.88. The Labute approximate surface area is 119 Å². The molecule has 7 heteroatoms. The summed E-state index contributed by atoms with van der Waals surface area (Å²) in [7, 11) is -3.25. The van der Waals surface area contributed by atoms with E-state index in [0.29, 0.717) is 18.8 Å². The number of carbonyl (C=O) groups excluding carboxylic acids is 1. The molecule has 0 aromatic carbocycles. The lowest BCUT2D eigenvalue weighted by atomic mass is 10.1. The van der Waals surface area contributed by atoms with Crippen LogP contribution in [-0.2, 0) is 10.0 Å². The van der Waals surface area contributed by atoms with Crippen LogP contribution >= 0.6 is 0 Å². The molecule has 2 rings (SSSR count). The van der Waals surface area contributed by atoms with Crippen molar-refractivity contribution in [2.45, 2.75) is 25.8 Å². The molecular formula is C13H19N3O3S. The first kappa shape index (κ1) is 14.9. The van der Waals surface area contributed by atoms with Crippen molar-refractivity contribution < 1.29 is 13.2 Å². The molecule has 2 heterocycles. The molecule has 1 atom stereocenters. The second-order valence-corrected chi connectivity index (χ2v) is 6.92. The van der Waals surface area contributed by atoms with Crippen LogP contribution in [0.25, 0.3) is 0 Å². The monoisotopic (exact) mass is 297 g/mol. The summed E-state index contributed by atoms with van der Waals surface area (Å²) in [6, 6.07) is 5.10. The Morgan fingerprint density at radius 3 is 2.85 bits per heavy atom. The predicted molar refractivity (Wildman–Crippen MR) is 75.9 cm³/mol. The first-order valence-corrected chi connectivity index (χ1v) is 8.44. The molecule has 0 spiro atoms. The zero-order valence-electron chi connectivity index (χ0n) is 11.7. The van der Waals surface area contributed by atoms with E-state index in [1.165, 1.54) is 0 Å². The molecule has 1 N–H and O–H groups in total. The number of nitrogens with one attached hydrogen (secondary N) is 1. The lowest BCUT2D eigenvalue weighted by Crippen LogP contribution is -2.49. The number of carbonyl (C=O) groups is 1. The van der Waals surface area contributed by atoms with E-state index in [4.69, 9.17) is 0 Å². The van der Waals surface area contributed by atoms with Crippen LogP contribution in [0.5, 0.6) is 0 Å². The van der Waals surface area contributed by atoms with Crippen LogP contribution in [0.1, 0.15) is 29.0 Å². The molecule has 110 valence electrons. The standard InChI is InChI=1S/C13H19N3O3S/c1-10-5-3-7-12(14-10)13(17)16-8-4-6-11(9-16)15-20(2,18)19/h3,5,7,11,15H,4,6,8-9H2,1-2H3. The van der Waals surface area contributed by atoms with Gasteiger partial charge in [0.05, 0.1) is 6.26 Å². The molecule has 0 radical (unpaired) electrons. The summed E-state index contributed by atoms with van der Waals surface area (Å²) in [6.45, 7) is 2.86. The number of sulfonamides is 1. The molecule has 1 amide bonds. The van der Waals surface area contributed by atoms with Crippen LogP contribution in [0.3, 0.4) is 0 Å². The highest BCUT2D eigenvalue weighted by Crippen LogP contribution is 2.13. The molecule has 0 aliphatic carbocycles. The highest BCUT2D eigenvalue weighted by molar-refractivity contribution is 7.88. The van der Waals surface area contributed by atoms with Crippen molar-refractivity contribution in [3.63, 3.8) is 0 Å². The van der Waals surface area contributed by atoms with Crippen LogP contribution in [-0.4, -0.2) is 49.6 Å². The van der Waals surface area contributed by atoms with Gasteiger partial charge in [-0.05, 0) is 31.9 Å². The third-order valence-electron chi connectivity index (χ3n) is 3.20.